The molecule has 0 aromatic heterocycles. The average molecular weight is 220 g/mol. The Hall–Kier alpha value is -1.35. The highest BCUT2D eigenvalue weighted by atomic mass is 16.5. The number of carbonyl (C=O) groups is 1. The van der Waals surface area contributed by atoms with Gasteiger partial charge in [0.1, 0.15) is 0 Å². The third-order valence-corrected chi connectivity index (χ3v) is 3.33. The Morgan fingerprint density at radius 2 is 2.38 bits per heavy atom. The van der Waals surface area contributed by atoms with Crippen molar-refractivity contribution >= 4 is 5.97 Å². The fourth-order valence-electron chi connectivity index (χ4n) is 2.17. The number of hydrogen-bond acceptors (Lipinski definition) is 2. The minimum Gasteiger partial charge on any atom is -0.478 e. The van der Waals surface area contributed by atoms with Crippen molar-refractivity contribution < 1.29 is 14.6 Å². The van der Waals surface area contributed by atoms with Crippen LogP contribution >= 0.6 is 0 Å². The van der Waals surface area contributed by atoms with Crippen molar-refractivity contribution in [2.75, 3.05) is 13.2 Å². The van der Waals surface area contributed by atoms with Crippen LogP contribution in [-0.4, -0.2) is 24.3 Å². The van der Waals surface area contributed by atoms with Crippen molar-refractivity contribution in [2.45, 2.75) is 19.3 Å². The first-order valence-corrected chi connectivity index (χ1v) is 5.59. The van der Waals surface area contributed by atoms with E-state index in [4.69, 9.17) is 9.84 Å². The van der Waals surface area contributed by atoms with Crippen LogP contribution in [0.1, 0.15) is 35.2 Å². The standard InChI is InChI=1S/C13H16O3/c1-9(12-5-6-16-8-12)10-3-2-4-11(7-10)13(14)15/h2-4,7,9,12H,5-6,8H2,1H3,(H,14,15). The van der Waals surface area contributed by atoms with Gasteiger partial charge in [0.2, 0.25) is 0 Å². The normalized spacial score (nSPS) is 21.9. The van der Waals surface area contributed by atoms with Gasteiger partial charge in [-0.2, -0.15) is 0 Å². The molecule has 0 spiro atoms. The molecule has 2 rings (SSSR count). The molecule has 1 aliphatic heterocycles. The molecular weight excluding hydrogens is 204 g/mol. The molecule has 3 heteroatoms. The Labute approximate surface area is 95.0 Å². The van der Waals surface area contributed by atoms with Crippen LogP contribution in [0.2, 0.25) is 0 Å². The van der Waals surface area contributed by atoms with Crippen molar-refractivity contribution in [3.63, 3.8) is 0 Å². The zero-order valence-electron chi connectivity index (χ0n) is 9.35. The second kappa shape index (κ2) is 4.66. The van der Waals surface area contributed by atoms with Crippen molar-refractivity contribution in [3.05, 3.63) is 35.4 Å². The van der Waals surface area contributed by atoms with Crippen LogP contribution in [0, 0.1) is 5.92 Å². The smallest absolute Gasteiger partial charge is 0.335 e. The molecule has 86 valence electrons. The van der Waals surface area contributed by atoms with Crippen molar-refractivity contribution in [3.8, 4) is 0 Å². The molecule has 0 amide bonds. The van der Waals surface area contributed by atoms with Gasteiger partial charge in [-0.15, -0.1) is 0 Å². The second-order valence-corrected chi connectivity index (χ2v) is 4.34. The van der Waals surface area contributed by atoms with Gasteiger partial charge in [-0.3, -0.25) is 0 Å². The molecule has 0 bridgehead atoms. The molecule has 1 fully saturated rings. The summed E-state index contributed by atoms with van der Waals surface area (Å²) in [5, 5.41) is 8.93. The Morgan fingerprint density at radius 1 is 1.56 bits per heavy atom. The minimum absolute atomic E-state index is 0.363. The molecule has 1 heterocycles. The number of carboxylic acids is 1. The van der Waals surface area contributed by atoms with Gasteiger partial charge in [-0.05, 0) is 36.0 Å². The molecule has 1 aromatic rings. The molecule has 3 nitrogen and oxygen atoms in total. The van der Waals surface area contributed by atoms with Crippen LogP contribution in [0.4, 0.5) is 0 Å². The molecule has 1 saturated heterocycles. The van der Waals surface area contributed by atoms with E-state index in [0.29, 0.717) is 17.4 Å². The van der Waals surface area contributed by atoms with E-state index in [1.807, 2.05) is 12.1 Å². The van der Waals surface area contributed by atoms with Crippen LogP contribution in [0.25, 0.3) is 0 Å². The van der Waals surface area contributed by atoms with E-state index >= 15 is 0 Å². The lowest BCUT2D eigenvalue weighted by molar-refractivity contribution is 0.0696. The zero-order valence-corrected chi connectivity index (χ0v) is 9.35. The van der Waals surface area contributed by atoms with E-state index in [9.17, 15) is 4.79 Å². The summed E-state index contributed by atoms with van der Waals surface area (Å²) in [6.45, 7) is 3.76. The van der Waals surface area contributed by atoms with Crippen LogP contribution in [-0.2, 0) is 4.74 Å². The number of ether oxygens (including phenoxy) is 1. The van der Waals surface area contributed by atoms with Crippen LogP contribution in [0.3, 0.4) is 0 Å². The average Bonchev–Trinajstić information content (AvgIpc) is 2.81. The molecule has 2 unspecified atom stereocenters. The predicted molar refractivity (Wildman–Crippen MR) is 60.7 cm³/mol. The van der Waals surface area contributed by atoms with Gasteiger partial charge >= 0.3 is 5.97 Å². The van der Waals surface area contributed by atoms with Gasteiger partial charge in [-0.25, -0.2) is 4.79 Å². The maximum absolute atomic E-state index is 10.9. The molecule has 1 N–H and O–H groups in total. The van der Waals surface area contributed by atoms with Crippen molar-refractivity contribution in [1.82, 2.24) is 0 Å². The van der Waals surface area contributed by atoms with E-state index < -0.39 is 5.97 Å². The maximum Gasteiger partial charge on any atom is 0.335 e. The minimum atomic E-state index is -0.864. The quantitative estimate of drug-likeness (QED) is 0.851. The van der Waals surface area contributed by atoms with Gasteiger partial charge in [0, 0.05) is 6.61 Å². The summed E-state index contributed by atoms with van der Waals surface area (Å²) in [5.74, 6) is 0.0163. The highest BCUT2D eigenvalue weighted by molar-refractivity contribution is 5.87. The zero-order chi connectivity index (χ0) is 11.5. The molecule has 2 atom stereocenters. The van der Waals surface area contributed by atoms with Crippen LogP contribution < -0.4 is 0 Å². The Balaban J connectivity index is 2.18. The topological polar surface area (TPSA) is 46.5 Å². The Kier molecular flexibility index (Phi) is 3.25. The van der Waals surface area contributed by atoms with E-state index in [1.165, 1.54) is 0 Å². The first-order valence-electron chi connectivity index (χ1n) is 5.59. The maximum atomic E-state index is 10.9. The summed E-state index contributed by atoms with van der Waals surface area (Å²) in [6, 6.07) is 7.20. The van der Waals surface area contributed by atoms with Gasteiger partial charge in [0.05, 0.1) is 12.2 Å². The van der Waals surface area contributed by atoms with E-state index in [0.717, 1.165) is 25.2 Å². The van der Waals surface area contributed by atoms with Crippen LogP contribution in [0.15, 0.2) is 24.3 Å². The van der Waals surface area contributed by atoms with Gasteiger partial charge < -0.3 is 9.84 Å². The highest BCUT2D eigenvalue weighted by Gasteiger charge is 2.23. The van der Waals surface area contributed by atoms with Crippen molar-refractivity contribution in [1.29, 1.82) is 0 Å². The number of benzene rings is 1. The first-order chi connectivity index (χ1) is 7.68. The van der Waals surface area contributed by atoms with Crippen molar-refractivity contribution in [2.24, 2.45) is 5.92 Å². The summed E-state index contributed by atoms with van der Waals surface area (Å²) in [6.07, 6.45) is 1.07. The fraction of sp³-hybridized carbons (Fsp3) is 0.462. The lowest BCUT2D eigenvalue weighted by Crippen LogP contribution is -2.10. The molecular formula is C13H16O3. The van der Waals surface area contributed by atoms with E-state index in [2.05, 4.69) is 6.92 Å². The predicted octanol–water partition coefficient (Wildman–Crippen LogP) is 2.52. The lowest BCUT2D eigenvalue weighted by Gasteiger charge is -2.18. The Morgan fingerprint density at radius 3 is 3.00 bits per heavy atom. The van der Waals surface area contributed by atoms with Crippen LogP contribution in [0.5, 0.6) is 0 Å². The molecule has 1 aromatic carbocycles. The lowest BCUT2D eigenvalue weighted by atomic mass is 9.86. The van der Waals surface area contributed by atoms with E-state index in [-0.39, 0.29) is 0 Å². The largest absolute Gasteiger partial charge is 0.478 e. The summed E-state index contributed by atoms with van der Waals surface area (Å²) >= 11 is 0. The number of rotatable bonds is 3. The molecule has 0 saturated carbocycles. The molecule has 0 radical (unpaired) electrons. The molecule has 16 heavy (non-hydrogen) atoms. The SMILES string of the molecule is CC(c1cccc(C(=O)O)c1)C1CCOC1. The second-order valence-electron chi connectivity index (χ2n) is 4.34. The summed E-state index contributed by atoms with van der Waals surface area (Å²) in [4.78, 5) is 10.9. The van der Waals surface area contributed by atoms with Gasteiger partial charge in [0.25, 0.3) is 0 Å². The molecule has 1 aliphatic rings. The van der Waals surface area contributed by atoms with Gasteiger partial charge in [-0.1, -0.05) is 19.1 Å². The first kappa shape index (κ1) is 11.1. The summed E-state index contributed by atoms with van der Waals surface area (Å²) < 4.78 is 5.36. The summed E-state index contributed by atoms with van der Waals surface area (Å²) in [7, 11) is 0. The fourth-order valence-corrected chi connectivity index (χ4v) is 2.17. The summed E-state index contributed by atoms with van der Waals surface area (Å²) in [5.41, 5.74) is 1.46. The monoisotopic (exact) mass is 220 g/mol. The third-order valence-electron chi connectivity index (χ3n) is 3.33. The number of carboxylic acid groups (broad SMARTS) is 1. The Bertz CT molecular complexity index is 381. The molecule has 0 aliphatic carbocycles. The number of hydrogen-bond donors (Lipinski definition) is 1. The van der Waals surface area contributed by atoms with E-state index in [1.54, 1.807) is 12.1 Å². The van der Waals surface area contributed by atoms with Gasteiger partial charge in [0.15, 0.2) is 0 Å². The number of aromatic carboxylic acids is 1. The highest BCUT2D eigenvalue weighted by Crippen LogP contribution is 2.30. The third kappa shape index (κ3) is 2.25.